The predicted molar refractivity (Wildman–Crippen MR) is 71.3 cm³/mol. The van der Waals surface area contributed by atoms with Crippen molar-refractivity contribution in [3.05, 3.63) is 49.1 Å². The standard InChI is InChI=1S/C14H8N5/c1-2-4-11-9(3-1)5-10(6-16-11)13-18-12-7-15-8-17-14(12)19-13/h1-5,7-8H,(H,15,17,18,19). The minimum Gasteiger partial charge on any atom is -0.335 e. The minimum absolute atomic E-state index is 0.645. The van der Waals surface area contributed by atoms with Gasteiger partial charge in [0.1, 0.15) is 23.9 Å². The zero-order chi connectivity index (χ0) is 12.7. The number of benzene rings is 1. The topological polar surface area (TPSA) is 67.3 Å². The van der Waals surface area contributed by atoms with Crippen LogP contribution in [0.1, 0.15) is 0 Å². The van der Waals surface area contributed by atoms with Gasteiger partial charge in [-0.05, 0) is 12.1 Å². The van der Waals surface area contributed by atoms with Gasteiger partial charge in [-0.3, -0.25) is 0 Å². The molecule has 19 heavy (non-hydrogen) atoms. The van der Waals surface area contributed by atoms with Crippen molar-refractivity contribution in [3.8, 4) is 11.4 Å². The zero-order valence-electron chi connectivity index (χ0n) is 9.83. The molecule has 0 unspecified atom stereocenters. The fourth-order valence-corrected chi connectivity index (χ4v) is 2.03. The third kappa shape index (κ3) is 1.63. The molecule has 0 bridgehead atoms. The summed E-state index contributed by atoms with van der Waals surface area (Å²) in [6, 6.07) is 9.92. The summed E-state index contributed by atoms with van der Waals surface area (Å²) in [6.45, 7) is 0. The summed E-state index contributed by atoms with van der Waals surface area (Å²) in [4.78, 5) is 20.0. The minimum atomic E-state index is 0.645. The molecular weight excluding hydrogens is 238 g/mol. The summed E-state index contributed by atoms with van der Waals surface area (Å²) in [5, 5.41) is 1.06. The Balaban J connectivity index is 1.93. The molecule has 4 aromatic rings. The highest BCUT2D eigenvalue weighted by molar-refractivity contribution is 5.83. The number of nitrogens with zero attached hydrogens (tertiary/aromatic N) is 4. The van der Waals surface area contributed by atoms with Crippen molar-refractivity contribution >= 4 is 22.1 Å². The van der Waals surface area contributed by atoms with Gasteiger partial charge in [-0.15, -0.1) is 0 Å². The summed E-state index contributed by atoms with van der Waals surface area (Å²) in [5.74, 6) is 0.703. The molecule has 89 valence electrons. The predicted octanol–water partition coefficient (Wildman–Crippen LogP) is 2.37. The molecule has 3 aromatic heterocycles. The van der Waals surface area contributed by atoms with Crippen LogP contribution in [-0.2, 0) is 0 Å². The van der Waals surface area contributed by atoms with Crippen molar-refractivity contribution in [1.82, 2.24) is 24.9 Å². The van der Waals surface area contributed by atoms with Crippen LogP contribution in [0.2, 0.25) is 0 Å². The van der Waals surface area contributed by atoms with E-state index in [4.69, 9.17) is 0 Å². The Morgan fingerprint density at radius 3 is 3.05 bits per heavy atom. The van der Waals surface area contributed by atoms with E-state index in [0.29, 0.717) is 11.5 Å². The lowest BCUT2D eigenvalue weighted by Gasteiger charge is -1.98. The van der Waals surface area contributed by atoms with Gasteiger partial charge in [-0.1, -0.05) is 18.2 Å². The molecule has 5 heteroatoms. The Labute approximate surface area is 108 Å². The van der Waals surface area contributed by atoms with Gasteiger partial charge >= 0.3 is 0 Å². The summed E-state index contributed by atoms with van der Waals surface area (Å²) >= 11 is 0. The number of H-pyrrole nitrogens is 1. The highest BCUT2D eigenvalue weighted by atomic mass is 15.0. The van der Waals surface area contributed by atoms with Gasteiger partial charge in [0.2, 0.25) is 0 Å². The smallest absolute Gasteiger partial charge is 0.181 e. The van der Waals surface area contributed by atoms with E-state index in [1.54, 1.807) is 6.20 Å². The maximum absolute atomic E-state index is 4.41. The Hall–Kier alpha value is -2.82. The van der Waals surface area contributed by atoms with Crippen LogP contribution in [0.15, 0.2) is 42.9 Å². The van der Waals surface area contributed by atoms with Crippen LogP contribution >= 0.6 is 0 Å². The molecule has 1 radical (unpaired) electrons. The maximum Gasteiger partial charge on any atom is 0.181 e. The number of rotatable bonds is 1. The number of imidazole rings is 1. The first kappa shape index (κ1) is 10.1. The largest absolute Gasteiger partial charge is 0.335 e. The molecule has 1 aromatic carbocycles. The highest BCUT2D eigenvalue weighted by Crippen LogP contribution is 2.21. The lowest BCUT2D eigenvalue weighted by molar-refractivity contribution is 1.20. The Bertz CT molecular complexity index is 848. The molecule has 5 nitrogen and oxygen atoms in total. The Morgan fingerprint density at radius 1 is 1.16 bits per heavy atom. The monoisotopic (exact) mass is 246 g/mol. The fourth-order valence-electron chi connectivity index (χ4n) is 2.03. The first-order valence-electron chi connectivity index (χ1n) is 5.84. The number of pyridine rings is 1. The summed E-state index contributed by atoms with van der Waals surface area (Å²) in [7, 11) is 0. The lowest BCUT2D eigenvalue weighted by Crippen LogP contribution is -1.85. The average molecular weight is 246 g/mol. The summed E-state index contributed by atoms with van der Waals surface area (Å²) < 4.78 is 0. The van der Waals surface area contributed by atoms with E-state index in [9.17, 15) is 0 Å². The van der Waals surface area contributed by atoms with E-state index in [1.165, 1.54) is 6.33 Å². The third-order valence-corrected chi connectivity index (χ3v) is 2.95. The second kappa shape index (κ2) is 3.84. The van der Waals surface area contributed by atoms with Crippen LogP contribution in [0, 0.1) is 6.20 Å². The number of fused-ring (bicyclic) bond motifs is 2. The number of aromatic amines is 1. The van der Waals surface area contributed by atoms with Crippen molar-refractivity contribution in [1.29, 1.82) is 0 Å². The molecule has 4 rings (SSSR count). The number of hydrogen-bond donors (Lipinski definition) is 1. The third-order valence-electron chi connectivity index (χ3n) is 2.95. The Kier molecular flexibility index (Phi) is 2.05. The van der Waals surface area contributed by atoms with Crippen LogP contribution < -0.4 is 0 Å². The molecule has 0 atom stereocenters. The van der Waals surface area contributed by atoms with E-state index in [2.05, 4.69) is 31.1 Å². The van der Waals surface area contributed by atoms with Crippen molar-refractivity contribution in [2.24, 2.45) is 0 Å². The van der Waals surface area contributed by atoms with Gasteiger partial charge in [0, 0.05) is 10.9 Å². The van der Waals surface area contributed by atoms with Crippen LogP contribution in [-0.4, -0.2) is 24.9 Å². The molecule has 0 aliphatic rings. The molecule has 0 saturated heterocycles. The van der Waals surface area contributed by atoms with E-state index in [-0.39, 0.29) is 0 Å². The van der Waals surface area contributed by atoms with E-state index in [1.807, 2.05) is 30.3 Å². The summed E-state index contributed by atoms with van der Waals surface area (Å²) in [6.07, 6.45) is 6.18. The zero-order valence-corrected chi connectivity index (χ0v) is 9.83. The number of aromatic nitrogens is 5. The first-order valence-corrected chi connectivity index (χ1v) is 5.84. The number of para-hydroxylation sites is 1. The molecule has 0 saturated carbocycles. The normalized spacial score (nSPS) is 11.2. The fraction of sp³-hybridized carbons (Fsp3) is 0. The van der Waals surface area contributed by atoms with E-state index >= 15 is 0 Å². The Morgan fingerprint density at radius 2 is 2.11 bits per heavy atom. The number of hydrogen-bond acceptors (Lipinski definition) is 4. The quantitative estimate of drug-likeness (QED) is 0.560. The van der Waals surface area contributed by atoms with Crippen molar-refractivity contribution in [2.45, 2.75) is 0 Å². The second-order valence-electron chi connectivity index (χ2n) is 4.19. The molecule has 0 aliphatic carbocycles. The summed E-state index contributed by atoms with van der Waals surface area (Å²) in [5.41, 5.74) is 3.18. The molecule has 0 aliphatic heterocycles. The van der Waals surface area contributed by atoms with Crippen molar-refractivity contribution < 1.29 is 0 Å². The van der Waals surface area contributed by atoms with Crippen LogP contribution in [0.3, 0.4) is 0 Å². The molecule has 0 amide bonds. The molecule has 1 N–H and O–H groups in total. The maximum atomic E-state index is 4.41. The molecule has 0 fully saturated rings. The van der Waals surface area contributed by atoms with Crippen LogP contribution in [0.5, 0.6) is 0 Å². The van der Waals surface area contributed by atoms with Crippen LogP contribution in [0.4, 0.5) is 0 Å². The molecule has 3 heterocycles. The second-order valence-corrected chi connectivity index (χ2v) is 4.19. The van der Waals surface area contributed by atoms with E-state index < -0.39 is 0 Å². The van der Waals surface area contributed by atoms with Gasteiger partial charge in [0.15, 0.2) is 5.65 Å². The number of nitrogens with one attached hydrogen (secondary N) is 1. The SMILES string of the molecule is [c]1nc2ccccc2cc1-c1nc2ncncc2[nH]1. The molecular formula is C14H8N5. The average Bonchev–Trinajstić information content (AvgIpc) is 2.90. The van der Waals surface area contributed by atoms with Gasteiger partial charge < -0.3 is 4.98 Å². The van der Waals surface area contributed by atoms with Crippen LogP contribution in [0.25, 0.3) is 33.5 Å². The molecule has 0 spiro atoms. The van der Waals surface area contributed by atoms with E-state index in [0.717, 1.165) is 22.0 Å². The van der Waals surface area contributed by atoms with Crippen molar-refractivity contribution in [2.75, 3.05) is 0 Å². The first-order chi connectivity index (χ1) is 9.40. The van der Waals surface area contributed by atoms with Gasteiger partial charge in [0.05, 0.1) is 11.7 Å². The lowest BCUT2D eigenvalue weighted by atomic mass is 10.1. The van der Waals surface area contributed by atoms with Crippen molar-refractivity contribution in [3.63, 3.8) is 0 Å². The van der Waals surface area contributed by atoms with Gasteiger partial charge in [-0.25, -0.2) is 19.9 Å². The van der Waals surface area contributed by atoms with Gasteiger partial charge in [0.25, 0.3) is 0 Å². The highest BCUT2D eigenvalue weighted by Gasteiger charge is 2.07. The van der Waals surface area contributed by atoms with Gasteiger partial charge in [-0.2, -0.15) is 0 Å².